The molecule has 20 heavy (non-hydrogen) atoms. The molecule has 1 aliphatic carbocycles. The highest BCUT2D eigenvalue weighted by atomic mass is 15.0. The third kappa shape index (κ3) is 4.41. The van der Waals surface area contributed by atoms with Gasteiger partial charge in [0.1, 0.15) is 5.82 Å². The van der Waals surface area contributed by atoms with Gasteiger partial charge in [-0.05, 0) is 56.7 Å². The van der Waals surface area contributed by atoms with Crippen LogP contribution in [0.2, 0.25) is 0 Å². The predicted octanol–water partition coefficient (Wildman–Crippen LogP) is 4.11. The van der Waals surface area contributed by atoms with Gasteiger partial charge in [-0.25, -0.2) is 9.97 Å². The first-order chi connectivity index (χ1) is 9.81. The fraction of sp³-hybridized carbons (Fsp3) is 0.647. The Morgan fingerprint density at radius 1 is 1.15 bits per heavy atom. The number of allylic oxidation sites excluding steroid dienone is 1. The maximum Gasteiger partial charge on any atom is 0.149 e. The molecule has 1 N–H and O–H groups in total. The lowest BCUT2D eigenvalue weighted by Crippen LogP contribution is -2.26. The van der Waals surface area contributed by atoms with Crippen LogP contribution in [-0.2, 0) is 0 Å². The second-order valence-corrected chi connectivity index (χ2v) is 5.74. The second-order valence-electron chi connectivity index (χ2n) is 5.74. The Balaban J connectivity index is 2.18. The lowest BCUT2D eigenvalue weighted by Gasteiger charge is -2.22. The molecule has 0 amide bonds. The molecule has 0 bridgehead atoms. The summed E-state index contributed by atoms with van der Waals surface area (Å²) in [4.78, 5) is 9.09. The molecule has 1 aliphatic rings. The Morgan fingerprint density at radius 2 is 1.90 bits per heavy atom. The lowest BCUT2D eigenvalue weighted by atomic mass is 9.94. The number of rotatable bonds is 5. The van der Waals surface area contributed by atoms with Gasteiger partial charge in [-0.3, -0.25) is 0 Å². The van der Waals surface area contributed by atoms with E-state index in [-0.39, 0.29) is 6.04 Å². The summed E-state index contributed by atoms with van der Waals surface area (Å²) in [5.74, 6) is 0.927. The van der Waals surface area contributed by atoms with Crippen LogP contribution in [0.25, 0.3) is 0 Å². The normalized spacial score (nSPS) is 18.0. The first-order valence-electron chi connectivity index (χ1n) is 8.02. The minimum Gasteiger partial charge on any atom is -0.304 e. The van der Waals surface area contributed by atoms with Crippen LogP contribution in [0.4, 0.5) is 0 Å². The van der Waals surface area contributed by atoms with Crippen molar-refractivity contribution in [2.75, 3.05) is 6.54 Å². The number of aromatic nitrogens is 2. The van der Waals surface area contributed by atoms with Gasteiger partial charge in [0.25, 0.3) is 0 Å². The first-order valence-corrected chi connectivity index (χ1v) is 8.02. The van der Waals surface area contributed by atoms with Crippen LogP contribution >= 0.6 is 0 Å². The third-order valence-corrected chi connectivity index (χ3v) is 3.85. The van der Waals surface area contributed by atoms with Gasteiger partial charge in [0.15, 0.2) is 0 Å². The summed E-state index contributed by atoms with van der Waals surface area (Å²) in [5, 5.41) is 3.63. The average Bonchev–Trinajstić information content (AvgIpc) is 2.42. The Kier molecular flexibility index (Phi) is 6.19. The highest BCUT2D eigenvalue weighted by Crippen LogP contribution is 2.27. The minimum atomic E-state index is 0.202. The van der Waals surface area contributed by atoms with E-state index in [1.165, 1.54) is 44.1 Å². The smallest absolute Gasteiger partial charge is 0.149 e. The van der Waals surface area contributed by atoms with Gasteiger partial charge in [0.2, 0.25) is 0 Å². The molecule has 0 saturated carbocycles. The Hall–Kier alpha value is -1.22. The maximum absolute atomic E-state index is 4.55. The molecule has 3 nitrogen and oxygen atoms in total. The molecular weight excluding hydrogens is 246 g/mol. The molecule has 0 spiro atoms. The topological polar surface area (TPSA) is 37.8 Å². The van der Waals surface area contributed by atoms with E-state index in [0.29, 0.717) is 0 Å². The highest BCUT2D eigenvalue weighted by Gasteiger charge is 2.19. The summed E-state index contributed by atoms with van der Waals surface area (Å²) in [6, 6.07) is 0.202. The van der Waals surface area contributed by atoms with Gasteiger partial charge in [0.05, 0.1) is 6.04 Å². The fourth-order valence-electron chi connectivity index (χ4n) is 2.71. The largest absolute Gasteiger partial charge is 0.304 e. The number of nitrogens with one attached hydrogen (secondary N) is 1. The van der Waals surface area contributed by atoms with Crippen molar-refractivity contribution in [3.63, 3.8) is 0 Å². The van der Waals surface area contributed by atoms with Crippen LogP contribution in [0.15, 0.2) is 24.0 Å². The molecule has 1 unspecified atom stereocenters. The van der Waals surface area contributed by atoms with Crippen molar-refractivity contribution in [3.05, 3.63) is 35.4 Å². The Morgan fingerprint density at radius 3 is 2.65 bits per heavy atom. The molecule has 0 aromatic carbocycles. The van der Waals surface area contributed by atoms with Crippen LogP contribution in [0.1, 0.15) is 69.3 Å². The summed E-state index contributed by atoms with van der Waals surface area (Å²) in [7, 11) is 0. The van der Waals surface area contributed by atoms with Crippen LogP contribution < -0.4 is 5.32 Å². The fourth-order valence-corrected chi connectivity index (χ4v) is 2.71. The summed E-state index contributed by atoms with van der Waals surface area (Å²) >= 11 is 0. The highest BCUT2D eigenvalue weighted by molar-refractivity contribution is 5.19. The van der Waals surface area contributed by atoms with Crippen molar-refractivity contribution in [2.24, 2.45) is 0 Å². The van der Waals surface area contributed by atoms with Crippen molar-refractivity contribution in [2.45, 2.75) is 64.8 Å². The number of nitrogens with zero attached hydrogens (tertiary/aromatic N) is 2. The molecular formula is C17H27N3. The Bertz CT molecular complexity index is 422. The molecule has 2 rings (SSSR count). The van der Waals surface area contributed by atoms with E-state index in [4.69, 9.17) is 0 Å². The van der Waals surface area contributed by atoms with Crippen molar-refractivity contribution in [1.29, 1.82) is 0 Å². The Labute approximate surface area is 122 Å². The van der Waals surface area contributed by atoms with Gasteiger partial charge in [-0.2, -0.15) is 0 Å². The second kappa shape index (κ2) is 8.15. The summed E-state index contributed by atoms with van der Waals surface area (Å²) in [6.07, 6.45) is 15.1. The van der Waals surface area contributed by atoms with Crippen LogP contribution in [0, 0.1) is 6.92 Å². The first kappa shape index (κ1) is 15.2. The molecule has 0 aliphatic heterocycles. The minimum absolute atomic E-state index is 0.202. The number of aryl methyl sites for hydroxylation is 1. The van der Waals surface area contributed by atoms with E-state index in [0.717, 1.165) is 24.4 Å². The molecule has 110 valence electrons. The summed E-state index contributed by atoms with van der Waals surface area (Å²) < 4.78 is 0. The van der Waals surface area contributed by atoms with E-state index in [9.17, 15) is 0 Å². The molecule has 3 heteroatoms. The third-order valence-electron chi connectivity index (χ3n) is 3.85. The van der Waals surface area contributed by atoms with Crippen molar-refractivity contribution < 1.29 is 0 Å². The molecule has 1 atom stereocenters. The molecule has 0 fully saturated rings. The van der Waals surface area contributed by atoms with Gasteiger partial charge in [0, 0.05) is 12.4 Å². The van der Waals surface area contributed by atoms with E-state index in [1.54, 1.807) is 0 Å². The zero-order valence-electron chi connectivity index (χ0n) is 12.9. The van der Waals surface area contributed by atoms with Crippen molar-refractivity contribution in [3.8, 4) is 0 Å². The zero-order chi connectivity index (χ0) is 14.2. The van der Waals surface area contributed by atoms with E-state index in [1.807, 2.05) is 19.3 Å². The molecule has 1 aromatic rings. The maximum atomic E-state index is 4.55. The SMILES string of the molecule is CCCNC(C1=CCCCCCC1)c1ncc(C)cn1. The number of hydrogen-bond donors (Lipinski definition) is 1. The van der Waals surface area contributed by atoms with Gasteiger partial charge < -0.3 is 5.32 Å². The van der Waals surface area contributed by atoms with E-state index < -0.39 is 0 Å². The molecule has 1 heterocycles. The van der Waals surface area contributed by atoms with Gasteiger partial charge in [-0.1, -0.05) is 25.8 Å². The standard InChI is InChI=1S/C17H27N3/c1-3-11-18-16(17-19-12-14(2)13-20-17)15-9-7-5-4-6-8-10-15/h9,12-13,16,18H,3-8,10-11H2,1-2H3. The molecule has 1 aromatic heterocycles. The number of hydrogen-bond acceptors (Lipinski definition) is 3. The van der Waals surface area contributed by atoms with Crippen LogP contribution in [-0.4, -0.2) is 16.5 Å². The van der Waals surface area contributed by atoms with Crippen molar-refractivity contribution in [1.82, 2.24) is 15.3 Å². The molecule has 0 radical (unpaired) electrons. The monoisotopic (exact) mass is 273 g/mol. The van der Waals surface area contributed by atoms with Crippen molar-refractivity contribution >= 4 is 0 Å². The lowest BCUT2D eigenvalue weighted by molar-refractivity contribution is 0.522. The van der Waals surface area contributed by atoms with Crippen LogP contribution in [0.5, 0.6) is 0 Å². The average molecular weight is 273 g/mol. The summed E-state index contributed by atoms with van der Waals surface area (Å²) in [5.41, 5.74) is 2.61. The molecule has 0 saturated heterocycles. The van der Waals surface area contributed by atoms with Gasteiger partial charge >= 0.3 is 0 Å². The zero-order valence-corrected chi connectivity index (χ0v) is 12.9. The summed E-state index contributed by atoms with van der Waals surface area (Å²) in [6.45, 7) is 5.25. The van der Waals surface area contributed by atoms with E-state index in [2.05, 4.69) is 28.3 Å². The van der Waals surface area contributed by atoms with E-state index >= 15 is 0 Å². The predicted molar refractivity (Wildman–Crippen MR) is 83.6 cm³/mol. The van der Waals surface area contributed by atoms with Crippen LogP contribution in [0.3, 0.4) is 0 Å². The van der Waals surface area contributed by atoms with Gasteiger partial charge in [-0.15, -0.1) is 0 Å². The quantitative estimate of drug-likeness (QED) is 0.821.